The highest BCUT2D eigenvalue weighted by atomic mass is 19.4. The van der Waals surface area contributed by atoms with Gasteiger partial charge in [0.25, 0.3) is 0 Å². The van der Waals surface area contributed by atoms with Crippen LogP contribution >= 0.6 is 0 Å². The summed E-state index contributed by atoms with van der Waals surface area (Å²) in [6.45, 7) is 2.87. The van der Waals surface area contributed by atoms with Crippen molar-refractivity contribution in [1.29, 1.82) is 0 Å². The third kappa shape index (κ3) is 2.72. The largest absolute Gasteiger partial charge is 0.573 e. The summed E-state index contributed by atoms with van der Waals surface area (Å²) < 4.78 is 42.1. The zero-order valence-electron chi connectivity index (χ0n) is 11.4. The van der Waals surface area contributed by atoms with Crippen LogP contribution in [0.4, 0.5) is 18.9 Å². The molecular formula is C15H18F3NO. The van der Waals surface area contributed by atoms with E-state index >= 15 is 0 Å². The van der Waals surface area contributed by atoms with E-state index < -0.39 is 6.36 Å². The smallest absolute Gasteiger partial charge is 0.404 e. The third-order valence-corrected chi connectivity index (χ3v) is 4.11. The summed E-state index contributed by atoms with van der Waals surface area (Å²) in [6, 6.07) is 5.31. The number of benzene rings is 1. The van der Waals surface area contributed by atoms with Crippen LogP contribution in [0.15, 0.2) is 18.2 Å². The predicted molar refractivity (Wildman–Crippen MR) is 71.1 cm³/mol. The topological polar surface area (TPSA) is 12.5 Å². The molecule has 2 aliphatic rings. The molecule has 1 aliphatic heterocycles. The molecule has 0 radical (unpaired) electrons. The van der Waals surface area contributed by atoms with E-state index in [1.165, 1.54) is 6.07 Å². The standard InChI is InChI=1S/C15H18F3NO/c1-10-4-3-9-19(10)14-12(11-7-8-11)5-2-6-13(14)20-15(16,17)18/h2,5-6,10-11H,3-4,7-9H2,1H3. The van der Waals surface area contributed by atoms with E-state index in [0.717, 1.165) is 37.8 Å². The minimum atomic E-state index is -4.64. The Bertz CT molecular complexity index is 496. The first-order valence-corrected chi connectivity index (χ1v) is 7.11. The molecule has 1 aromatic rings. The van der Waals surface area contributed by atoms with Crippen LogP contribution in [0, 0.1) is 0 Å². The maximum Gasteiger partial charge on any atom is 0.573 e. The molecule has 2 fully saturated rings. The monoisotopic (exact) mass is 285 g/mol. The van der Waals surface area contributed by atoms with Crippen LogP contribution in [0.5, 0.6) is 5.75 Å². The van der Waals surface area contributed by atoms with E-state index in [9.17, 15) is 13.2 Å². The highest BCUT2D eigenvalue weighted by molar-refractivity contribution is 5.67. The molecule has 20 heavy (non-hydrogen) atoms. The molecule has 1 saturated heterocycles. The maximum atomic E-state index is 12.6. The summed E-state index contributed by atoms with van der Waals surface area (Å²) in [5.41, 5.74) is 1.68. The normalized spacial score (nSPS) is 23.2. The van der Waals surface area contributed by atoms with Crippen molar-refractivity contribution in [1.82, 2.24) is 0 Å². The second-order valence-corrected chi connectivity index (χ2v) is 5.70. The first kappa shape index (κ1) is 13.6. The van der Waals surface area contributed by atoms with Gasteiger partial charge in [-0.1, -0.05) is 12.1 Å². The van der Waals surface area contributed by atoms with Gasteiger partial charge in [0.2, 0.25) is 0 Å². The molecular weight excluding hydrogens is 267 g/mol. The molecule has 1 aromatic carbocycles. The number of nitrogens with zero attached hydrogens (tertiary/aromatic N) is 1. The van der Waals surface area contributed by atoms with Gasteiger partial charge in [-0.2, -0.15) is 0 Å². The Morgan fingerprint density at radius 2 is 1.95 bits per heavy atom. The molecule has 0 amide bonds. The van der Waals surface area contributed by atoms with Gasteiger partial charge in [-0.05, 0) is 50.2 Å². The van der Waals surface area contributed by atoms with Crippen LogP contribution in [0.1, 0.15) is 44.1 Å². The fraction of sp³-hybridized carbons (Fsp3) is 0.600. The van der Waals surface area contributed by atoms with Crippen LogP contribution in [-0.4, -0.2) is 18.9 Å². The average Bonchev–Trinajstić information content (AvgIpc) is 3.11. The molecule has 5 heteroatoms. The number of anilines is 1. The molecule has 2 nitrogen and oxygen atoms in total. The lowest BCUT2D eigenvalue weighted by molar-refractivity contribution is -0.274. The quantitative estimate of drug-likeness (QED) is 0.813. The molecule has 1 heterocycles. The number of alkyl halides is 3. The van der Waals surface area contributed by atoms with Crippen molar-refractivity contribution in [2.24, 2.45) is 0 Å². The van der Waals surface area contributed by atoms with Gasteiger partial charge in [0.05, 0.1) is 5.69 Å². The van der Waals surface area contributed by atoms with Crippen molar-refractivity contribution in [2.75, 3.05) is 11.4 Å². The Hall–Kier alpha value is -1.39. The lowest BCUT2D eigenvalue weighted by atomic mass is 10.1. The number of para-hydroxylation sites is 1. The lowest BCUT2D eigenvalue weighted by Gasteiger charge is -2.29. The molecule has 1 aliphatic carbocycles. The molecule has 1 unspecified atom stereocenters. The summed E-state index contributed by atoms with van der Waals surface area (Å²) >= 11 is 0. The Morgan fingerprint density at radius 3 is 2.50 bits per heavy atom. The van der Waals surface area contributed by atoms with Crippen molar-refractivity contribution < 1.29 is 17.9 Å². The van der Waals surface area contributed by atoms with Gasteiger partial charge in [0, 0.05) is 12.6 Å². The fourth-order valence-electron chi connectivity index (χ4n) is 3.04. The van der Waals surface area contributed by atoms with E-state index in [1.54, 1.807) is 6.07 Å². The van der Waals surface area contributed by atoms with Gasteiger partial charge in [0.15, 0.2) is 5.75 Å². The maximum absolute atomic E-state index is 12.6. The average molecular weight is 285 g/mol. The molecule has 0 bridgehead atoms. The summed E-state index contributed by atoms with van der Waals surface area (Å²) in [4.78, 5) is 2.08. The van der Waals surface area contributed by atoms with Crippen molar-refractivity contribution in [3.05, 3.63) is 23.8 Å². The van der Waals surface area contributed by atoms with Crippen LogP contribution in [0.3, 0.4) is 0 Å². The fourth-order valence-corrected chi connectivity index (χ4v) is 3.04. The highest BCUT2D eigenvalue weighted by Gasteiger charge is 2.37. The van der Waals surface area contributed by atoms with Gasteiger partial charge in [-0.15, -0.1) is 13.2 Å². The summed E-state index contributed by atoms with van der Waals surface area (Å²) in [6.07, 6.45) is -0.481. The third-order valence-electron chi connectivity index (χ3n) is 4.11. The molecule has 3 rings (SSSR count). The van der Waals surface area contributed by atoms with Gasteiger partial charge < -0.3 is 9.64 Å². The molecule has 0 aromatic heterocycles. The Kier molecular flexibility index (Phi) is 3.30. The number of rotatable bonds is 3. The highest BCUT2D eigenvalue weighted by Crippen LogP contribution is 2.49. The van der Waals surface area contributed by atoms with E-state index in [-0.39, 0.29) is 11.8 Å². The van der Waals surface area contributed by atoms with E-state index in [1.807, 2.05) is 6.07 Å². The van der Waals surface area contributed by atoms with Gasteiger partial charge >= 0.3 is 6.36 Å². The zero-order chi connectivity index (χ0) is 14.3. The summed E-state index contributed by atoms with van der Waals surface area (Å²) in [5.74, 6) is 0.352. The SMILES string of the molecule is CC1CCCN1c1c(OC(F)(F)F)cccc1C1CC1. The predicted octanol–water partition coefficient (Wildman–Crippen LogP) is 4.45. The lowest BCUT2D eigenvalue weighted by Crippen LogP contribution is -2.29. The van der Waals surface area contributed by atoms with Crippen molar-refractivity contribution >= 4 is 5.69 Å². The zero-order valence-corrected chi connectivity index (χ0v) is 11.4. The van der Waals surface area contributed by atoms with Gasteiger partial charge in [-0.25, -0.2) is 0 Å². The van der Waals surface area contributed by atoms with E-state index in [4.69, 9.17) is 0 Å². The van der Waals surface area contributed by atoms with Crippen molar-refractivity contribution in [2.45, 2.75) is 50.9 Å². The second kappa shape index (κ2) is 4.86. The minimum Gasteiger partial charge on any atom is -0.404 e. The van der Waals surface area contributed by atoms with Crippen LogP contribution in [-0.2, 0) is 0 Å². The first-order valence-electron chi connectivity index (χ1n) is 7.11. The van der Waals surface area contributed by atoms with Crippen LogP contribution in [0.2, 0.25) is 0 Å². The van der Waals surface area contributed by atoms with Gasteiger partial charge in [-0.3, -0.25) is 0 Å². The van der Waals surface area contributed by atoms with Crippen molar-refractivity contribution in [3.8, 4) is 5.75 Å². The Morgan fingerprint density at radius 1 is 1.20 bits per heavy atom. The summed E-state index contributed by atoms with van der Waals surface area (Å²) in [5, 5.41) is 0. The van der Waals surface area contributed by atoms with Crippen LogP contribution < -0.4 is 9.64 Å². The second-order valence-electron chi connectivity index (χ2n) is 5.70. The molecule has 110 valence electrons. The van der Waals surface area contributed by atoms with Crippen LogP contribution in [0.25, 0.3) is 0 Å². The minimum absolute atomic E-state index is 0.0457. The molecule has 1 atom stereocenters. The molecule has 0 spiro atoms. The van der Waals surface area contributed by atoms with E-state index in [0.29, 0.717) is 11.6 Å². The van der Waals surface area contributed by atoms with E-state index in [2.05, 4.69) is 16.6 Å². The number of hydrogen-bond acceptors (Lipinski definition) is 2. The number of hydrogen-bond donors (Lipinski definition) is 0. The number of halogens is 3. The first-order chi connectivity index (χ1) is 9.46. The molecule has 1 saturated carbocycles. The summed E-state index contributed by atoms with van der Waals surface area (Å²) in [7, 11) is 0. The Labute approximate surface area is 116 Å². The van der Waals surface area contributed by atoms with Gasteiger partial charge in [0.1, 0.15) is 0 Å². The van der Waals surface area contributed by atoms with Crippen molar-refractivity contribution in [3.63, 3.8) is 0 Å². The molecule has 0 N–H and O–H groups in total. The Balaban J connectivity index is 2.02. The number of ether oxygens (including phenoxy) is 1.